The van der Waals surface area contributed by atoms with E-state index in [4.69, 9.17) is 9.15 Å². The monoisotopic (exact) mass is 408 g/mol. The van der Waals surface area contributed by atoms with E-state index in [0.717, 1.165) is 44.0 Å². The highest BCUT2D eigenvalue weighted by molar-refractivity contribution is 5.41. The Morgan fingerprint density at radius 2 is 1.83 bits per heavy atom. The van der Waals surface area contributed by atoms with Crippen LogP contribution in [-0.2, 0) is 11.2 Å². The summed E-state index contributed by atoms with van der Waals surface area (Å²) >= 11 is 0. The van der Waals surface area contributed by atoms with E-state index in [0.29, 0.717) is 35.5 Å². The van der Waals surface area contributed by atoms with Gasteiger partial charge in [-0.1, -0.05) is 43.2 Å². The van der Waals surface area contributed by atoms with E-state index < -0.39 is 0 Å². The molecule has 4 nitrogen and oxygen atoms in total. The first-order valence-electron chi connectivity index (χ1n) is 11.7. The quantitative estimate of drug-likeness (QED) is 0.646. The maximum absolute atomic E-state index is 13.0. The fraction of sp³-hybridized carbons (Fsp3) is 0.577. The molecule has 1 aliphatic heterocycles. The largest absolute Gasteiger partial charge is 0.507 e. The van der Waals surface area contributed by atoms with E-state index in [1.807, 2.05) is 30.3 Å². The smallest absolute Gasteiger partial charge is 0.343 e. The van der Waals surface area contributed by atoms with Gasteiger partial charge in [-0.15, -0.1) is 0 Å². The van der Waals surface area contributed by atoms with Crippen molar-refractivity contribution in [2.45, 2.75) is 57.3 Å². The van der Waals surface area contributed by atoms with Gasteiger partial charge in [0.25, 0.3) is 0 Å². The summed E-state index contributed by atoms with van der Waals surface area (Å²) in [6.07, 6.45) is 9.00. The van der Waals surface area contributed by atoms with Crippen LogP contribution in [-0.4, -0.2) is 18.3 Å². The number of hydrogen-bond donors (Lipinski definition) is 1. The Morgan fingerprint density at radius 1 is 1.03 bits per heavy atom. The van der Waals surface area contributed by atoms with Crippen molar-refractivity contribution in [3.63, 3.8) is 0 Å². The van der Waals surface area contributed by atoms with Gasteiger partial charge in [0.1, 0.15) is 11.5 Å². The lowest BCUT2D eigenvalue weighted by Crippen LogP contribution is -2.27. The van der Waals surface area contributed by atoms with Gasteiger partial charge in [0.2, 0.25) is 0 Å². The van der Waals surface area contributed by atoms with E-state index in [1.54, 1.807) is 6.07 Å². The van der Waals surface area contributed by atoms with Gasteiger partial charge in [-0.2, -0.15) is 0 Å². The second kappa shape index (κ2) is 8.58. The molecule has 1 saturated heterocycles. The zero-order chi connectivity index (χ0) is 20.5. The van der Waals surface area contributed by atoms with Gasteiger partial charge in [-0.3, -0.25) is 0 Å². The van der Waals surface area contributed by atoms with Crippen LogP contribution in [0.5, 0.6) is 5.75 Å². The fourth-order valence-electron chi connectivity index (χ4n) is 5.31. The topological polar surface area (TPSA) is 59.7 Å². The van der Waals surface area contributed by atoms with Crippen molar-refractivity contribution in [1.29, 1.82) is 0 Å². The molecule has 0 bridgehead atoms. The molecule has 1 aromatic heterocycles. The maximum Gasteiger partial charge on any atom is 0.343 e. The summed E-state index contributed by atoms with van der Waals surface area (Å²) in [5.74, 6) is 2.86. The first-order chi connectivity index (χ1) is 14.7. The highest BCUT2D eigenvalue weighted by Crippen LogP contribution is 2.47. The molecule has 1 N–H and O–H groups in total. The van der Waals surface area contributed by atoms with Crippen molar-refractivity contribution in [1.82, 2.24) is 0 Å². The van der Waals surface area contributed by atoms with Gasteiger partial charge >= 0.3 is 5.63 Å². The number of benzene rings is 1. The van der Waals surface area contributed by atoms with E-state index in [9.17, 15) is 9.90 Å². The van der Waals surface area contributed by atoms with Crippen LogP contribution in [0.25, 0.3) is 0 Å². The van der Waals surface area contributed by atoms with Crippen molar-refractivity contribution in [3.05, 3.63) is 63.7 Å². The minimum absolute atomic E-state index is 0.0782. The number of hydrogen-bond acceptors (Lipinski definition) is 4. The molecule has 0 radical (unpaired) electrons. The van der Waals surface area contributed by atoms with Crippen molar-refractivity contribution in [3.8, 4) is 5.75 Å². The van der Waals surface area contributed by atoms with Gasteiger partial charge < -0.3 is 14.3 Å². The zero-order valence-electron chi connectivity index (χ0n) is 17.6. The molecule has 0 spiro atoms. The Labute approximate surface area is 178 Å². The lowest BCUT2D eigenvalue weighted by Gasteiger charge is -2.30. The van der Waals surface area contributed by atoms with Gasteiger partial charge in [0.15, 0.2) is 0 Å². The molecule has 3 atom stereocenters. The highest BCUT2D eigenvalue weighted by Gasteiger charge is 2.38. The third kappa shape index (κ3) is 4.49. The maximum atomic E-state index is 13.0. The third-order valence-corrected chi connectivity index (χ3v) is 7.24. The van der Waals surface area contributed by atoms with Gasteiger partial charge in [0.05, 0.1) is 5.56 Å². The fourth-order valence-corrected chi connectivity index (χ4v) is 5.31. The molecule has 5 rings (SSSR count). The number of ether oxygens (including phenoxy) is 1. The first kappa shape index (κ1) is 19.9. The predicted octanol–water partition coefficient (Wildman–Crippen LogP) is 5.27. The lowest BCUT2D eigenvalue weighted by atomic mass is 9.81. The molecule has 3 fully saturated rings. The minimum atomic E-state index is -0.365. The van der Waals surface area contributed by atoms with E-state index in [2.05, 4.69) is 0 Å². The summed E-state index contributed by atoms with van der Waals surface area (Å²) in [5.41, 5.74) is 1.16. The first-order valence-corrected chi connectivity index (χ1v) is 11.7. The zero-order valence-corrected chi connectivity index (χ0v) is 17.6. The molecule has 0 amide bonds. The molecule has 3 unspecified atom stereocenters. The second-order valence-corrected chi connectivity index (χ2v) is 9.65. The molecule has 4 heteroatoms. The van der Waals surface area contributed by atoms with Crippen LogP contribution < -0.4 is 5.63 Å². The Hall–Kier alpha value is -2.07. The van der Waals surface area contributed by atoms with E-state index in [1.165, 1.54) is 25.7 Å². The number of rotatable bonds is 8. The van der Waals surface area contributed by atoms with Crippen LogP contribution >= 0.6 is 0 Å². The van der Waals surface area contributed by atoms with Gasteiger partial charge in [0, 0.05) is 31.6 Å². The predicted molar refractivity (Wildman–Crippen MR) is 116 cm³/mol. The summed E-state index contributed by atoms with van der Waals surface area (Å²) in [6.45, 7) is 1.67. The van der Waals surface area contributed by atoms with Gasteiger partial charge in [-0.25, -0.2) is 4.79 Å². The molecule has 1 aromatic carbocycles. The van der Waals surface area contributed by atoms with Crippen molar-refractivity contribution >= 4 is 0 Å². The SMILES string of the molecule is O=c1oc(CC(CC2CC2)C2CCCOC2)cc(O)c1C(c1ccccc1)C1CC1. The van der Waals surface area contributed by atoms with E-state index in [-0.39, 0.29) is 17.3 Å². The van der Waals surface area contributed by atoms with Crippen LogP contribution in [0.1, 0.15) is 67.8 Å². The molecule has 2 aliphatic carbocycles. The van der Waals surface area contributed by atoms with Crippen molar-refractivity contribution in [2.75, 3.05) is 13.2 Å². The summed E-state index contributed by atoms with van der Waals surface area (Å²) in [7, 11) is 0. The van der Waals surface area contributed by atoms with Crippen molar-refractivity contribution in [2.24, 2.45) is 23.7 Å². The average Bonchev–Trinajstić information content (AvgIpc) is 3.67. The molecular formula is C26H32O4. The third-order valence-electron chi connectivity index (χ3n) is 7.24. The highest BCUT2D eigenvalue weighted by atomic mass is 16.5. The Balaban J connectivity index is 1.41. The molecule has 160 valence electrons. The molecule has 3 aliphatic rings. The Bertz CT molecular complexity index is 904. The summed E-state index contributed by atoms with van der Waals surface area (Å²) in [6, 6.07) is 11.8. The lowest BCUT2D eigenvalue weighted by molar-refractivity contribution is 0.0263. The van der Waals surface area contributed by atoms with Crippen molar-refractivity contribution < 1.29 is 14.3 Å². The second-order valence-electron chi connectivity index (χ2n) is 9.65. The Morgan fingerprint density at radius 3 is 2.47 bits per heavy atom. The molecule has 2 heterocycles. The van der Waals surface area contributed by atoms with E-state index >= 15 is 0 Å². The van der Waals surface area contributed by atoms with Crippen LogP contribution in [0.4, 0.5) is 0 Å². The molecule has 2 saturated carbocycles. The summed E-state index contributed by atoms with van der Waals surface area (Å²) < 4.78 is 11.6. The van der Waals surface area contributed by atoms with Gasteiger partial charge in [-0.05, 0) is 61.3 Å². The standard InChI is InChI=1S/C26H32O4/c27-23-15-22(14-21(13-17-8-9-17)20-7-4-12-29-16-20)30-26(28)25(23)24(19-10-11-19)18-5-2-1-3-6-18/h1-3,5-6,15,17,19-21,24,27H,4,7-14,16H2. The molecule has 2 aromatic rings. The summed E-state index contributed by atoms with van der Waals surface area (Å²) in [4.78, 5) is 13.0. The number of aromatic hydroxyl groups is 1. The summed E-state index contributed by atoms with van der Waals surface area (Å²) in [5, 5.41) is 10.9. The normalized spacial score (nSPS) is 23.8. The average molecular weight is 409 g/mol. The molecule has 30 heavy (non-hydrogen) atoms. The van der Waals surface area contributed by atoms with Crippen LogP contribution in [0.15, 0.2) is 45.6 Å². The Kier molecular flexibility index (Phi) is 5.68. The van der Waals surface area contributed by atoms with Crippen LogP contribution in [0.3, 0.4) is 0 Å². The minimum Gasteiger partial charge on any atom is -0.507 e. The van der Waals surface area contributed by atoms with Crippen LogP contribution in [0, 0.1) is 23.7 Å². The molecular weight excluding hydrogens is 376 g/mol. The van der Waals surface area contributed by atoms with Crippen LogP contribution in [0.2, 0.25) is 0 Å².